The molecule has 1 saturated heterocycles. The van der Waals surface area contributed by atoms with E-state index < -0.39 is 5.82 Å². The van der Waals surface area contributed by atoms with E-state index in [1.807, 2.05) is 4.90 Å². The lowest BCUT2D eigenvalue weighted by Crippen LogP contribution is -2.49. The molecule has 1 aliphatic rings. The number of hydrogen-bond acceptors (Lipinski definition) is 7. The number of methoxy groups -OCH3 is 1. The van der Waals surface area contributed by atoms with E-state index in [1.165, 1.54) is 6.07 Å². The Kier molecular flexibility index (Phi) is 6.71. The molecular weight excluding hydrogens is 359 g/mol. The lowest BCUT2D eigenvalue weighted by molar-refractivity contribution is 0.0747. The molecule has 3 rings (SSSR count). The topological polar surface area (TPSA) is 78.8 Å². The Labute approximate surface area is 147 Å². The van der Waals surface area contributed by atoms with Crippen LogP contribution in [-0.2, 0) is 0 Å². The number of halogens is 2. The van der Waals surface area contributed by atoms with Crippen LogP contribution < -0.4 is 9.64 Å². The van der Waals surface area contributed by atoms with Crippen molar-refractivity contribution in [2.24, 2.45) is 0 Å². The van der Waals surface area contributed by atoms with Gasteiger partial charge in [-0.25, -0.2) is 9.37 Å². The van der Waals surface area contributed by atoms with Crippen molar-refractivity contribution in [1.29, 1.82) is 0 Å². The molecular formula is C14H16ClFN4O3S. The van der Waals surface area contributed by atoms with Crippen LogP contribution in [0.25, 0.3) is 0 Å². The summed E-state index contributed by atoms with van der Waals surface area (Å²) in [5.41, 5.74) is 0. The highest BCUT2D eigenvalue weighted by atomic mass is 35.5. The molecule has 0 saturated carbocycles. The van der Waals surface area contributed by atoms with E-state index in [1.54, 1.807) is 29.7 Å². The van der Waals surface area contributed by atoms with Gasteiger partial charge in [-0.05, 0) is 11.4 Å². The van der Waals surface area contributed by atoms with Gasteiger partial charge in [0.05, 0.1) is 19.0 Å². The predicted octanol–water partition coefficient (Wildman–Crippen LogP) is 1.78. The van der Waals surface area contributed by atoms with Crippen LogP contribution in [-0.4, -0.2) is 58.7 Å². The van der Waals surface area contributed by atoms with Gasteiger partial charge in [-0.3, -0.25) is 9.45 Å². The lowest BCUT2D eigenvalue weighted by Gasteiger charge is -2.34. The van der Waals surface area contributed by atoms with Crippen LogP contribution >= 0.6 is 23.2 Å². The maximum Gasteiger partial charge on any atom is 0.267 e. The number of hydrogen-bond donors (Lipinski definition) is 1. The fraction of sp³-hybridized carbons (Fsp3) is 0.357. The first-order valence-electron chi connectivity index (χ1n) is 7.00. The molecule has 1 amide bonds. The summed E-state index contributed by atoms with van der Waals surface area (Å²) in [6.45, 7) is 2.23. The fourth-order valence-electron chi connectivity index (χ4n) is 2.30. The first kappa shape index (κ1) is 18.4. The summed E-state index contributed by atoms with van der Waals surface area (Å²) >= 11 is 4.77. The Hall–Kier alpha value is -1.97. The van der Waals surface area contributed by atoms with Crippen molar-refractivity contribution in [2.45, 2.75) is 0 Å². The van der Waals surface area contributed by atoms with Crippen LogP contribution in [0.15, 0.2) is 23.7 Å². The largest absolute Gasteiger partial charge is 0.481 e. The highest BCUT2D eigenvalue weighted by Gasteiger charge is 2.26. The molecule has 7 nitrogen and oxygen atoms in total. The molecule has 10 heteroatoms. The third kappa shape index (κ3) is 4.11. The Balaban J connectivity index is 0.00000100. The summed E-state index contributed by atoms with van der Waals surface area (Å²) in [6.07, 6.45) is 1.64. The second-order valence-corrected chi connectivity index (χ2v) is 5.69. The zero-order valence-electron chi connectivity index (χ0n) is 12.9. The van der Waals surface area contributed by atoms with Crippen molar-refractivity contribution in [3.05, 3.63) is 34.4 Å². The molecule has 0 aromatic carbocycles. The standard InChI is InChI=1S/C14H15FN4O2S.ClHO/c1-21-11-2-4-16-14(17-11)19-7-5-18(6-8-19)13(20)12-10(15)3-9-22-12;1-2/h2-4,9H,5-8H2,1H3;2H. The SMILES string of the molecule is COc1ccnc(N2CCN(C(=O)c3sccc3F)CC2)n1.OCl. The van der Waals surface area contributed by atoms with Gasteiger partial charge < -0.3 is 14.5 Å². The van der Waals surface area contributed by atoms with Crippen molar-refractivity contribution in [3.63, 3.8) is 0 Å². The summed E-state index contributed by atoms with van der Waals surface area (Å²) in [5, 5.41) is 1.59. The van der Waals surface area contributed by atoms with Gasteiger partial charge in [0.1, 0.15) is 10.7 Å². The molecule has 130 valence electrons. The Morgan fingerprint density at radius 3 is 2.62 bits per heavy atom. The Morgan fingerprint density at radius 1 is 1.33 bits per heavy atom. The maximum absolute atomic E-state index is 13.5. The molecule has 0 atom stereocenters. The van der Waals surface area contributed by atoms with Gasteiger partial charge in [-0.1, -0.05) is 0 Å². The van der Waals surface area contributed by atoms with Gasteiger partial charge in [0, 0.05) is 38.4 Å². The Bertz CT molecular complexity index is 680. The number of amides is 1. The minimum Gasteiger partial charge on any atom is -0.481 e. The lowest BCUT2D eigenvalue weighted by atomic mass is 10.3. The fourth-order valence-corrected chi connectivity index (χ4v) is 3.03. The van der Waals surface area contributed by atoms with Gasteiger partial charge in [0.25, 0.3) is 5.91 Å². The van der Waals surface area contributed by atoms with Crippen molar-refractivity contribution in [2.75, 3.05) is 38.2 Å². The monoisotopic (exact) mass is 374 g/mol. The molecule has 0 spiro atoms. The molecule has 1 N–H and O–H groups in total. The molecule has 0 bridgehead atoms. The number of piperazine rings is 1. The predicted molar refractivity (Wildman–Crippen MR) is 89.0 cm³/mol. The van der Waals surface area contributed by atoms with Crippen molar-refractivity contribution in [1.82, 2.24) is 14.9 Å². The zero-order chi connectivity index (χ0) is 17.5. The minimum atomic E-state index is -0.450. The molecule has 3 heterocycles. The van der Waals surface area contributed by atoms with Gasteiger partial charge >= 0.3 is 0 Å². The molecule has 1 fully saturated rings. The van der Waals surface area contributed by atoms with E-state index in [-0.39, 0.29) is 10.8 Å². The average molecular weight is 375 g/mol. The number of ether oxygens (including phenoxy) is 1. The summed E-state index contributed by atoms with van der Waals surface area (Å²) in [6, 6.07) is 3.00. The van der Waals surface area contributed by atoms with Crippen molar-refractivity contribution < 1.29 is 18.6 Å². The van der Waals surface area contributed by atoms with E-state index in [0.717, 1.165) is 11.3 Å². The highest BCUT2D eigenvalue weighted by molar-refractivity contribution is 7.12. The maximum atomic E-state index is 13.5. The van der Waals surface area contributed by atoms with Gasteiger partial charge in [0.15, 0.2) is 0 Å². The van der Waals surface area contributed by atoms with Gasteiger partial charge in [-0.15, -0.1) is 11.3 Å². The summed E-state index contributed by atoms with van der Waals surface area (Å²) in [7, 11) is 1.55. The number of rotatable bonds is 3. The van der Waals surface area contributed by atoms with Crippen LogP contribution in [0.3, 0.4) is 0 Å². The second-order valence-electron chi connectivity index (χ2n) is 4.78. The Morgan fingerprint density at radius 2 is 2.04 bits per heavy atom. The van der Waals surface area contributed by atoms with E-state index in [2.05, 4.69) is 21.8 Å². The second kappa shape index (κ2) is 8.76. The van der Waals surface area contributed by atoms with Gasteiger partial charge in [-0.2, -0.15) is 4.98 Å². The molecule has 24 heavy (non-hydrogen) atoms. The van der Waals surface area contributed by atoms with Crippen LogP contribution in [0.2, 0.25) is 0 Å². The van der Waals surface area contributed by atoms with Crippen LogP contribution in [0.5, 0.6) is 5.88 Å². The molecule has 2 aromatic rings. The van der Waals surface area contributed by atoms with E-state index in [9.17, 15) is 9.18 Å². The molecule has 0 unspecified atom stereocenters. The molecule has 2 aromatic heterocycles. The van der Waals surface area contributed by atoms with Crippen molar-refractivity contribution in [3.8, 4) is 5.88 Å². The van der Waals surface area contributed by atoms with Crippen LogP contribution in [0.1, 0.15) is 9.67 Å². The first-order valence-corrected chi connectivity index (χ1v) is 8.22. The smallest absolute Gasteiger partial charge is 0.267 e. The van der Waals surface area contributed by atoms with Crippen LogP contribution in [0, 0.1) is 5.82 Å². The zero-order valence-corrected chi connectivity index (χ0v) is 14.4. The molecule has 0 radical (unpaired) electrons. The number of carbonyl (C=O) groups is 1. The van der Waals surface area contributed by atoms with Gasteiger partial charge in [0.2, 0.25) is 11.8 Å². The third-order valence-corrected chi connectivity index (χ3v) is 4.37. The minimum absolute atomic E-state index is 0.172. The number of nitrogens with zero attached hydrogens (tertiary/aromatic N) is 4. The van der Waals surface area contributed by atoms with E-state index in [0.29, 0.717) is 38.0 Å². The molecule has 1 aliphatic heterocycles. The summed E-state index contributed by atoms with van der Waals surface area (Å²) in [5.74, 6) is 0.380. The quantitative estimate of drug-likeness (QED) is 0.882. The number of aromatic nitrogens is 2. The summed E-state index contributed by atoms with van der Waals surface area (Å²) in [4.78, 5) is 24.6. The summed E-state index contributed by atoms with van der Waals surface area (Å²) < 4.78 is 25.1. The third-order valence-electron chi connectivity index (χ3n) is 3.49. The first-order chi connectivity index (χ1) is 11.7. The average Bonchev–Trinajstić information content (AvgIpc) is 3.09. The van der Waals surface area contributed by atoms with E-state index in [4.69, 9.17) is 9.40 Å². The van der Waals surface area contributed by atoms with Crippen molar-refractivity contribution >= 4 is 35.1 Å². The van der Waals surface area contributed by atoms with E-state index >= 15 is 0 Å². The van der Waals surface area contributed by atoms with Crippen LogP contribution in [0.4, 0.5) is 10.3 Å². The normalized spacial score (nSPS) is 14.0. The number of thiophene rings is 1. The number of carbonyl (C=O) groups excluding carboxylic acids is 1. The number of anilines is 1. The molecule has 0 aliphatic carbocycles. The highest BCUT2D eigenvalue weighted by Crippen LogP contribution is 2.19.